The molecule has 0 bridgehead atoms. The van der Waals surface area contributed by atoms with E-state index in [0.717, 1.165) is 5.56 Å². The van der Waals surface area contributed by atoms with Crippen LogP contribution >= 0.6 is 0 Å². The summed E-state index contributed by atoms with van der Waals surface area (Å²) in [5.74, 6) is -0.230. The van der Waals surface area contributed by atoms with Crippen molar-refractivity contribution in [3.63, 3.8) is 0 Å². The number of ether oxygens (including phenoxy) is 1. The zero-order valence-corrected chi connectivity index (χ0v) is 8.01. The van der Waals surface area contributed by atoms with Gasteiger partial charge in [-0.2, -0.15) is 5.26 Å². The molecule has 1 aromatic carbocycles. The van der Waals surface area contributed by atoms with Crippen molar-refractivity contribution in [3.05, 3.63) is 35.9 Å². The minimum Gasteiger partial charge on any atom is -0.464 e. The molecule has 15 heavy (non-hydrogen) atoms. The van der Waals surface area contributed by atoms with Crippen LogP contribution in [0.3, 0.4) is 0 Å². The number of nitrogens with zero attached hydrogens (tertiary/aromatic N) is 1. The van der Waals surface area contributed by atoms with E-state index in [9.17, 15) is 4.79 Å². The molecule has 0 radical (unpaired) electrons. The van der Waals surface area contributed by atoms with E-state index in [-0.39, 0.29) is 17.8 Å². The Kier molecular flexibility index (Phi) is 1.47. The Labute approximate surface area is 87.3 Å². The van der Waals surface area contributed by atoms with Crippen LogP contribution in [-0.4, -0.2) is 12.6 Å². The average molecular weight is 199 g/mol. The van der Waals surface area contributed by atoms with E-state index in [1.54, 1.807) is 0 Å². The van der Waals surface area contributed by atoms with Crippen LogP contribution in [-0.2, 0) is 9.53 Å². The number of nitriles is 1. The Morgan fingerprint density at radius 2 is 2.13 bits per heavy atom. The molecule has 1 saturated heterocycles. The largest absolute Gasteiger partial charge is 0.464 e. The van der Waals surface area contributed by atoms with Gasteiger partial charge in [-0.25, -0.2) is 0 Å². The summed E-state index contributed by atoms with van der Waals surface area (Å²) >= 11 is 0. The molecule has 3 rings (SSSR count). The smallest absolute Gasteiger partial charge is 0.327 e. The molecule has 1 aliphatic carbocycles. The number of fused-ring (bicyclic) bond motifs is 1. The Hall–Kier alpha value is -1.82. The first-order chi connectivity index (χ1) is 7.30. The summed E-state index contributed by atoms with van der Waals surface area (Å²) in [4.78, 5) is 11.5. The Morgan fingerprint density at radius 3 is 2.73 bits per heavy atom. The third kappa shape index (κ3) is 0.866. The molecule has 0 N–H and O–H groups in total. The monoisotopic (exact) mass is 199 g/mol. The van der Waals surface area contributed by atoms with Gasteiger partial charge in [0.05, 0.1) is 12.7 Å². The molecule has 0 amide bonds. The second-order valence-corrected chi connectivity index (χ2v) is 4.07. The van der Waals surface area contributed by atoms with E-state index in [1.807, 2.05) is 30.3 Å². The number of hydrogen-bond donors (Lipinski definition) is 0. The van der Waals surface area contributed by atoms with Crippen LogP contribution < -0.4 is 0 Å². The van der Waals surface area contributed by atoms with Gasteiger partial charge < -0.3 is 4.74 Å². The summed E-state index contributed by atoms with van der Waals surface area (Å²) < 4.78 is 4.90. The minimum atomic E-state index is -0.874. The fourth-order valence-corrected chi connectivity index (χ4v) is 2.60. The van der Waals surface area contributed by atoms with Gasteiger partial charge in [0.1, 0.15) is 0 Å². The molecule has 3 nitrogen and oxygen atoms in total. The molecule has 1 saturated carbocycles. The van der Waals surface area contributed by atoms with Gasteiger partial charge in [0.15, 0.2) is 5.41 Å². The molecular formula is C12H9NO2. The van der Waals surface area contributed by atoms with Gasteiger partial charge in [-0.15, -0.1) is 0 Å². The third-order valence-corrected chi connectivity index (χ3v) is 3.44. The highest BCUT2D eigenvalue weighted by Gasteiger charge is 2.76. The maximum absolute atomic E-state index is 11.5. The summed E-state index contributed by atoms with van der Waals surface area (Å²) in [6, 6.07) is 11.9. The normalized spacial score (nSPS) is 36.6. The highest BCUT2D eigenvalue weighted by atomic mass is 16.5. The lowest BCUT2D eigenvalue weighted by Gasteiger charge is -2.06. The van der Waals surface area contributed by atoms with Crippen LogP contribution in [0, 0.1) is 22.7 Å². The first-order valence-corrected chi connectivity index (χ1v) is 4.94. The highest BCUT2D eigenvalue weighted by molar-refractivity contribution is 5.89. The van der Waals surface area contributed by atoms with Gasteiger partial charge in [0.25, 0.3) is 0 Å². The fraction of sp³-hybridized carbons (Fsp3) is 0.333. The van der Waals surface area contributed by atoms with Crippen molar-refractivity contribution in [2.45, 2.75) is 5.92 Å². The number of carbonyl (C=O) groups excluding carboxylic acids is 1. The Morgan fingerprint density at radius 1 is 1.40 bits per heavy atom. The lowest BCUT2D eigenvalue weighted by atomic mass is 10.0. The van der Waals surface area contributed by atoms with E-state index in [0.29, 0.717) is 6.61 Å². The van der Waals surface area contributed by atoms with Crippen LogP contribution in [0.4, 0.5) is 0 Å². The minimum absolute atomic E-state index is 0.0462. The van der Waals surface area contributed by atoms with Gasteiger partial charge in [0, 0.05) is 11.8 Å². The van der Waals surface area contributed by atoms with Gasteiger partial charge in [-0.05, 0) is 5.56 Å². The van der Waals surface area contributed by atoms with Crippen LogP contribution in [0.2, 0.25) is 0 Å². The molecule has 0 spiro atoms. The van der Waals surface area contributed by atoms with Gasteiger partial charge in [-0.3, -0.25) is 4.79 Å². The van der Waals surface area contributed by atoms with Crippen molar-refractivity contribution in [1.29, 1.82) is 5.26 Å². The SMILES string of the molecule is N#CC12C(=O)OCC1C2c1ccccc1. The summed E-state index contributed by atoms with van der Waals surface area (Å²) in [5, 5.41) is 9.12. The molecule has 3 unspecified atom stereocenters. The van der Waals surface area contributed by atoms with Crippen LogP contribution in [0.25, 0.3) is 0 Å². The van der Waals surface area contributed by atoms with E-state index in [1.165, 1.54) is 0 Å². The quantitative estimate of drug-likeness (QED) is 0.643. The van der Waals surface area contributed by atoms with E-state index < -0.39 is 5.41 Å². The van der Waals surface area contributed by atoms with Crippen molar-refractivity contribution in [1.82, 2.24) is 0 Å². The van der Waals surface area contributed by atoms with Gasteiger partial charge in [-0.1, -0.05) is 30.3 Å². The summed E-state index contributed by atoms with van der Waals surface area (Å²) in [6.07, 6.45) is 0. The topological polar surface area (TPSA) is 50.1 Å². The molecule has 1 aliphatic heterocycles. The number of cyclic esters (lactones) is 1. The lowest BCUT2D eigenvalue weighted by molar-refractivity contribution is -0.143. The molecule has 2 aliphatic rings. The molecule has 3 heteroatoms. The molecule has 74 valence electrons. The Balaban J connectivity index is 2.01. The van der Waals surface area contributed by atoms with Gasteiger partial charge in [0.2, 0.25) is 0 Å². The Bertz CT molecular complexity index is 462. The van der Waals surface area contributed by atoms with Crippen LogP contribution in [0.1, 0.15) is 11.5 Å². The number of esters is 1. The molecular weight excluding hydrogens is 190 g/mol. The van der Waals surface area contributed by atoms with E-state index >= 15 is 0 Å². The average Bonchev–Trinajstić information content (AvgIpc) is 2.85. The number of rotatable bonds is 1. The zero-order valence-electron chi connectivity index (χ0n) is 8.01. The lowest BCUT2D eigenvalue weighted by Crippen LogP contribution is -2.14. The predicted molar refractivity (Wildman–Crippen MR) is 51.7 cm³/mol. The molecule has 0 aromatic heterocycles. The summed E-state index contributed by atoms with van der Waals surface area (Å²) in [5.41, 5.74) is 0.196. The van der Waals surface area contributed by atoms with Crippen LogP contribution in [0.5, 0.6) is 0 Å². The first-order valence-electron chi connectivity index (χ1n) is 4.94. The maximum atomic E-state index is 11.5. The van der Waals surface area contributed by atoms with Crippen molar-refractivity contribution in [3.8, 4) is 6.07 Å². The standard InChI is InChI=1S/C12H9NO2/c13-7-12-9(6-15-11(12)14)10(12)8-4-2-1-3-5-8/h1-5,9-10H,6H2. The van der Waals surface area contributed by atoms with Crippen molar-refractivity contribution in [2.75, 3.05) is 6.61 Å². The number of hydrogen-bond acceptors (Lipinski definition) is 3. The summed E-state index contributed by atoms with van der Waals surface area (Å²) in [7, 11) is 0. The van der Waals surface area contributed by atoms with Crippen molar-refractivity contribution >= 4 is 5.97 Å². The third-order valence-electron chi connectivity index (χ3n) is 3.44. The zero-order chi connectivity index (χ0) is 10.5. The second-order valence-electron chi connectivity index (χ2n) is 4.07. The van der Waals surface area contributed by atoms with Gasteiger partial charge >= 0.3 is 5.97 Å². The first kappa shape index (κ1) is 8.49. The highest BCUT2D eigenvalue weighted by Crippen LogP contribution is 2.68. The van der Waals surface area contributed by atoms with Crippen molar-refractivity contribution in [2.24, 2.45) is 11.3 Å². The number of benzene rings is 1. The van der Waals surface area contributed by atoms with E-state index in [4.69, 9.17) is 10.00 Å². The molecule has 3 atom stereocenters. The van der Waals surface area contributed by atoms with Crippen LogP contribution in [0.15, 0.2) is 30.3 Å². The predicted octanol–water partition coefficient (Wildman–Crippen LogP) is 1.47. The molecule has 2 fully saturated rings. The molecule has 1 aromatic rings. The summed E-state index contributed by atoms with van der Waals surface area (Å²) in [6.45, 7) is 0.395. The van der Waals surface area contributed by atoms with Crippen molar-refractivity contribution < 1.29 is 9.53 Å². The molecule has 1 heterocycles. The number of carbonyl (C=O) groups is 1. The maximum Gasteiger partial charge on any atom is 0.327 e. The second kappa shape index (κ2) is 2.60. The van der Waals surface area contributed by atoms with E-state index in [2.05, 4.69) is 6.07 Å². The fourth-order valence-electron chi connectivity index (χ4n) is 2.60.